The highest BCUT2D eigenvalue weighted by Gasteiger charge is 2.33. The summed E-state index contributed by atoms with van der Waals surface area (Å²) in [5.74, 6) is 0.205. The van der Waals surface area contributed by atoms with Crippen molar-refractivity contribution in [3.05, 3.63) is 35.6 Å². The SMILES string of the molecule is CCC(C)N=C1O/C(=C/c2ccc(N(CC)CC)cc2)C(=O)N1CC. The van der Waals surface area contributed by atoms with Crippen molar-refractivity contribution in [2.45, 2.75) is 47.1 Å². The molecule has 5 nitrogen and oxygen atoms in total. The number of amides is 1. The second-order valence-corrected chi connectivity index (χ2v) is 6.09. The molecule has 0 radical (unpaired) electrons. The number of anilines is 1. The lowest BCUT2D eigenvalue weighted by Gasteiger charge is -2.20. The molecular weight excluding hydrogens is 314 g/mol. The third kappa shape index (κ3) is 4.41. The van der Waals surface area contributed by atoms with Crippen LogP contribution in [-0.2, 0) is 9.53 Å². The molecule has 136 valence electrons. The Morgan fingerprint density at radius 3 is 2.32 bits per heavy atom. The molecule has 5 heteroatoms. The van der Waals surface area contributed by atoms with Gasteiger partial charge in [-0.1, -0.05) is 19.1 Å². The normalized spacial score (nSPS) is 18.8. The van der Waals surface area contributed by atoms with E-state index in [1.54, 1.807) is 11.0 Å². The molecule has 0 bridgehead atoms. The summed E-state index contributed by atoms with van der Waals surface area (Å²) in [4.78, 5) is 20.9. The van der Waals surface area contributed by atoms with Crippen molar-refractivity contribution in [2.75, 3.05) is 24.5 Å². The number of carbonyl (C=O) groups is 1. The van der Waals surface area contributed by atoms with E-state index in [1.807, 2.05) is 26.0 Å². The van der Waals surface area contributed by atoms with Crippen molar-refractivity contribution in [3.63, 3.8) is 0 Å². The van der Waals surface area contributed by atoms with Gasteiger partial charge >= 0.3 is 6.02 Å². The van der Waals surface area contributed by atoms with Gasteiger partial charge in [-0.15, -0.1) is 0 Å². The first-order valence-corrected chi connectivity index (χ1v) is 9.18. The van der Waals surface area contributed by atoms with Gasteiger partial charge in [0.05, 0.1) is 6.04 Å². The molecule has 1 heterocycles. The summed E-state index contributed by atoms with van der Waals surface area (Å²) >= 11 is 0. The van der Waals surface area contributed by atoms with Crippen LogP contribution in [0.25, 0.3) is 6.08 Å². The van der Waals surface area contributed by atoms with E-state index in [2.05, 4.69) is 42.8 Å². The Balaban J connectivity index is 2.23. The van der Waals surface area contributed by atoms with Crippen LogP contribution in [0, 0.1) is 0 Å². The van der Waals surface area contributed by atoms with Gasteiger partial charge in [-0.25, -0.2) is 4.99 Å². The third-order valence-corrected chi connectivity index (χ3v) is 4.45. The molecule has 0 aliphatic carbocycles. The largest absolute Gasteiger partial charge is 0.420 e. The Kier molecular flexibility index (Phi) is 6.62. The van der Waals surface area contributed by atoms with Crippen molar-refractivity contribution < 1.29 is 9.53 Å². The van der Waals surface area contributed by atoms with E-state index in [0.29, 0.717) is 18.3 Å². The summed E-state index contributed by atoms with van der Waals surface area (Å²) in [5, 5.41) is 0. The number of hydrogen-bond donors (Lipinski definition) is 0. The van der Waals surface area contributed by atoms with Crippen molar-refractivity contribution >= 4 is 23.7 Å². The molecule has 1 aromatic rings. The zero-order valence-corrected chi connectivity index (χ0v) is 16.0. The molecular formula is C20H29N3O2. The highest BCUT2D eigenvalue weighted by atomic mass is 16.5. The van der Waals surface area contributed by atoms with Crippen LogP contribution >= 0.6 is 0 Å². The van der Waals surface area contributed by atoms with Crippen molar-refractivity contribution in [2.24, 2.45) is 4.99 Å². The smallest absolute Gasteiger partial charge is 0.300 e. The Morgan fingerprint density at radius 2 is 1.80 bits per heavy atom. The highest BCUT2D eigenvalue weighted by Crippen LogP contribution is 2.22. The number of carbonyl (C=O) groups excluding carboxylic acids is 1. The minimum absolute atomic E-state index is 0.127. The lowest BCUT2D eigenvalue weighted by atomic mass is 10.1. The maximum Gasteiger partial charge on any atom is 0.300 e. The Hall–Kier alpha value is -2.30. The maximum absolute atomic E-state index is 12.5. The predicted octanol–water partition coefficient (Wildman–Crippen LogP) is 3.91. The molecule has 1 atom stereocenters. The third-order valence-electron chi connectivity index (χ3n) is 4.45. The van der Waals surface area contributed by atoms with Crippen LogP contribution in [0.4, 0.5) is 5.69 Å². The zero-order valence-electron chi connectivity index (χ0n) is 16.0. The molecule has 0 N–H and O–H groups in total. The van der Waals surface area contributed by atoms with E-state index in [9.17, 15) is 4.79 Å². The Labute approximate surface area is 151 Å². The lowest BCUT2D eigenvalue weighted by molar-refractivity contribution is -0.122. The second kappa shape index (κ2) is 8.70. The number of ether oxygens (including phenoxy) is 1. The van der Waals surface area contributed by atoms with Gasteiger partial charge in [-0.05, 0) is 57.9 Å². The lowest BCUT2D eigenvalue weighted by Crippen LogP contribution is -2.30. The summed E-state index contributed by atoms with van der Waals surface area (Å²) in [6, 6.07) is 8.71. The fourth-order valence-electron chi connectivity index (χ4n) is 2.68. The minimum Gasteiger partial charge on any atom is -0.420 e. The van der Waals surface area contributed by atoms with E-state index in [0.717, 1.165) is 25.1 Å². The Morgan fingerprint density at radius 1 is 1.16 bits per heavy atom. The van der Waals surface area contributed by atoms with Gasteiger partial charge in [0, 0.05) is 25.3 Å². The van der Waals surface area contributed by atoms with E-state index in [4.69, 9.17) is 4.74 Å². The van der Waals surface area contributed by atoms with Gasteiger partial charge in [0.15, 0.2) is 5.76 Å². The Bertz CT molecular complexity index is 645. The number of hydrogen-bond acceptors (Lipinski definition) is 4. The summed E-state index contributed by atoms with van der Waals surface area (Å²) in [6.07, 6.45) is 2.70. The fraction of sp³-hybridized carbons (Fsp3) is 0.500. The van der Waals surface area contributed by atoms with E-state index in [-0.39, 0.29) is 11.9 Å². The van der Waals surface area contributed by atoms with Crippen molar-refractivity contribution in [1.82, 2.24) is 4.90 Å². The maximum atomic E-state index is 12.5. The van der Waals surface area contributed by atoms with Crippen LogP contribution in [0.2, 0.25) is 0 Å². The average molecular weight is 343 g/mol. The molecule has 0 aromatic heterocycles. The number of amidine groups is 1. The molecule has 1 fully saturated rings. The van der Waals surface area contributed by atoms with Gasteiger partial charge < -0.3 is 9.64 Å². The summed E-state index contributed by atoms with van der Waals surface area (Å²) in [5.41, 5.74) is 2.13. The number of likely N-dealkylation sites (N-methyl/N-ethyl adjacent to an activating group) is 1. The second-order valence-electron chi connectivity index (χ2n) is 6.09. The molecule has 0 saturated carbocycles. The molecule has 1 aliphatic rings. The number of rotatable bonds is 7. The van der Waals surface area contributed by atoms with Gasteiger partial charge in [0.25, 0.3) is 5.91 Å². The quantitative estimate of drug-likeness (QED) is 0.705. The average Bonchev–Trinajstić information content (AvgIpc) is 2.91. The number of benzene rings is 1. The summed E-state index contributed by atoms with van der Waals surface area (Å²) in [6.45, 7) is 12.8. The van der Waals surface area contributed by atoms with Crippen molar-refractivity contribution in [3.8, 4) is 0 Å². The van der Waals surface area contributed by atoms with Crippen LogP contribution in [0.5, 0.6) is 0 Å². The zero-order chi connectivity index (χ0) is 18.4. The first-order chi connectivity index (χ1) is 12.0. The minimum atomic E-state index is -0.127. The summed E-state index contributed by atoms with van der Waals surface area (Å²) < 4.78 is 5.75. The standard InChI is InChI=1S/C20H29N3O2/c1-6-15(5)21-20-23(9-4)19(24)18(25-20)14-16-10-12-17(13-11-16)22(7-2)8-3/h10-15H,6-9H2,1-5H3/b18-14+,21-20?. The van der Waals surface area contributed by atoms with Gasteiger partial charge in [0.1, 0.15) is 0 Å². The van der Waals surface area contributed by atoms with E-state index < -0.39 is 0 Å². The van der Waals surface area contributed by atoms with E-state index in [1.165, 1.54) is 5.69 Å². The molecule has 1 amide bonds. The summed E-state index contributed by atoms with van der Waals surface area (Å²) in [7, 11) is 0. The molecule has 1 aromatic carbocycles. The topological polar surface area (TPSA) is 45.1 Å². The van der Waals surface area contributed by atoms with Gasteiger partial charge in [0.2, 0.25) is 0 Å². The monoisotopic (exact) mass is 343 g/mol. The van der Waals surface area contributed by atoms with Crippen LogP contribution in [0.1, 0.15) is 46.6 Å². The van der Waals surface area contributed by atoms with Crippen LogP contribution in [0.15, 0.2) is 35.0 Å². The number of nitrogens with zero attached hydrogens (tertiary/aromatic N) is 3. The van der Waals surface area contributed by atoms with Gasteiger partial charge in [-0.3, -0.25) is 9.69 Å². The first kappa shape index (κ1) is 19.0. The van der Waals surface area contributed by atoms with Crippen molar-refractivity contribution in [1.29, 1.82) is 0 Å². The molecule has 1 unspecified atom stereocenters. The predicted molar refractivity (Wildman–Crippen MR) is 104 cm³/mol. The van der Waals surface area contributed by atoms with Crippen LogP contribution < -0.4 is 4.90 Å². The highest BCUT2D eigenvalue weighted by molar-refractivity contribution is 6.11. The molecule has 2 rings (SSSR count). The molecule has 1 saturated heterocycles. The van der Waals surface area contributed by atoms with Crippen LogP contribution in [0.3, 0.4) is 0 Å². The fourth-order valence-corrected chi connectivity index (χ4v) is 2.68. The molecule has 1 aliphatic heterocycles. The van der Waals surface area contributed by atoms with Crippen LogP contribution in [-0.4, -0.2) is 42.5 Å². The van der Waals surface area contributed by atoms with Gasteiger partial charge in [-0.2, -0.15) is 0 Å². The first-order valence-electron chi connectivity index (χ1n) is 9.18. The molecule has 0 spiro atoms. The number of aliphatic imine (C=N–C) groups is 1. The molecule has 25 heavy (non-hydrogen) atoms. The van der Waals surface area contributed by atoms with E-state index >= 15 is 0 Å².